The molecule has 5 heteroatoms. The van der Waals surface area contributed by atoms with Gasteiger partial charge < -0.3 is 10.1 Å². The predicted octanol–water partition coefficient (Wildman–Crippen LogP) is 3.96. The lowest BCUT2D eigenvalue weighted by atomic mass is 9.86. The molecule has 5 nitrogen and oxygen atoms in total. The summed E-state index contributed by atoms with van der Waals surface area (Å²) in [6, 6.07) is 7.83. The number of aryl methyl sites for hydroxylation is 1. The molecule has 0 saturated heterocycles. The van der Waals surface area contributed by atoms with E-state index in [4.69, 9.17) is 9.72 Å². The van der Waals surface area contributed by atoms with Gasteiger partial charge in [-0.3, -0.25) is 9.78 Å². The summed E-state index contributed by atoms with van der Waals surface area (Å²) in [6.07, 6.45) is 6.38. The second-order valence-corrected chi connectivity index (χ2v) is 8.21. The molecule has 0 unspecified atom stereocenters. The van der Waals surface area contributed by atoms with E-state index in [9.17, 15) is 9.59 Å². The molecular weight excluding hydrogens is 352 g/mol. The van der Waals surface area contributed by atoms with Gasteiger partial charge in [0, 0.05) is 17.1 Å². The van der Waals surface area contributed by atoms with Crippen LogP contribution in [0.15, 0.2) is 24.3 Å². The summed E-state index contributed by atoms with van der Waals surface area (Å²) in [6.45, 7) is 3.83. The van der Waals surface area contributed by atoms with Gasteiger partial charge >= 0.3 is 5.97 Å². The largest absolute Gasteiger partial charge is 0.449 e. The Kier molecular flexibility index (Phi) is 5.33. The first kappa shape index (κ1) is 18.9. The minimum absolute atomic E-state index is 0.174. The molecule has 1 aromatic carbocycles. The van der Waals surface area contributed by atoms with Gasteiger partial charge in [-0.25, -0.2) is 4.79 Å². The number of carbonyl (C=O) groups excluding carboxylic acids is 2. The molecule has 1 saturated carbocycles. The Hall–Kier alpha value is -2.43. The lowest BCUT2D eigenvalue weighted by molar-refractivity contribution is -0.130. The Morgan fingerprint density at radius 3 is 2.75 bits per heavy atom. The number of ether oxygens (including phenoxy) is 1. The summed E-state index contributed by atoms with van der Waals surface area (Å²) in [7, 11) is 0. The predicted molar refractivity (Wildman–Crippen MR) is 108 cm³/mol. The van der Waals surface area contributed by atoms with E-state index < -0.39 is 12.1 Å². The number of hydrogen-bond acceptors (Lipinski definition) is 4. The summed E-state index contributed by atoms with van der Waals surface area (Å²) in [5.41, 5.74) is 3.36. The Morgan fingerprint density at radius 2 is 1.93 bits per heavy atom. The van der Waals surface area contributed by atoms with Crippen molar-refractivity contribution in [2.45, 2.75) is 70.9 Å². The number of benzene rings is 1. The maximum atomic E-state index is 13.1. The standard InChI is InChI=1S/C23H28N2O3/c1-14-8-3-5-11-18(14)25-22(26)15(2)28-23(27)21-16-9-4-6-12-19(16)24-20-13-7-10-17(20)21/h4,6,9,12,14-15,18H,3,5,7-8,10-11,13H2,1-2H3,(H,25,26)/t14-,15-,18+/m1/s1. The van der Waals surface area contributed by atoms with Crippen LogP contribution in [0.25, 0.3) is 10.9 Å². The van der Waals surface area contributed by atoms with Gasteiger partial charge in [0.15, 0.2) is 6.10 Å². The Balaban J connectivity index is 1.53. The second-order valence-electron chi connectivity index (χ2n) is 8.21. The van der Waals surface area contributed by atoms with Gasteiger partial charge in [0.2, 0.25) is 0 Å². The summed E-state index contributed by atoms with van der Waals surface area (Å²) < 4.78 is 5.63. The van der Waals surface area contributed by atoms with Crippen molar-refractivity contribution in [3.05, 3.63) is 41.1 Å². The Bertz CT molecular complexity index is 908. The van der Waals surface area contributed by atoms with Crippen LogP contribution in [0, 0.1) is 5.92 Å². The van der Waals surface area contributed by atoms with Crippen molar-refractivity contribution in [2.24, 2.45) is 5.92 Å². The van der Waals surface area contributed by atoms with Crippen LogP contribution >= 0.6 is 0 Å². The van der Waals surface area contributed by atoms with Crippen LogP contribution < -0.4 is 5.32 Å². The van der Waals surface area contributed by atoms with Crippen molar-refractivity contribution in [1.29, 1.82) is 0 Å². The summed E-state index contributed by atoms with van der Waals surface area (Å²) in [4.78, 5) is 30.4. The molecule has 1 fully saturated rings. The van der Waals surface area contributed by atoms with E-state index in [1.807, 2.05) is 24.3 Å². The van der Waals surface area contributed by atoms with Crippen molar-refractivity contribution in [3.63, 3.8) is 0 Å². The van der Waals surface area contributed by atoms with Crippen LogP contribution in [0.4, 0.5) is 0 Å². The third-order valence-electron chi connectivity index (χ3n) is 6.22. The van der Waals surface area contributed by atoms with Gasteiger partial charge in [-0.1, -0.05) is 38.0 Å². The molecule has 0 aliphatic heterocycles. The van der Waals surface area contributed by atoms with E-state index in [2.05, 4.69) is 12.2 Å². The van der Waals surface area contributed by atoms with Gasteiger partial charge in [0.1, 0.15) is 0 Å². The highest BCUT2D eigenvalue weighted by Crippen LogP contribution is 2.31. The average molecular weight is 380 g/mol. The molecule has 0 spiro atoms. The number of aromatic nitrogens is 1. The van der Waals surface area contributed by atoms with Crippen molar-refractivity contribution < 1.29 is 14.3 Å². The molecule has 1 N–H and O–H groups in total. The Labute approximate surface area is 165 Å². The van der Waals surface area contributed by atoms with Crippen LogP contribution in [-0.4, -0.2) is 29.0 Å². The molecule has 0 bridgehead atoms. The normalized spacial score (nSPS) is 22.5. The number of rotatable bonds is 4. The molecule has 2 aliphatic rings. The van der Waals surface area contributed by atoms with E-state index in [0.29, 0.717) is 11.5 Å². The smallest absolute Gasteiger partial charge is 0.339 e. The molecule has 2 aliphatic carbocycles. The van der Waals surface area contributed by atoms with Crippen molar-refractivity contribution in [2.75, 3.05) is 0 Å². The Morgan fingerprint density at radius 1 is 1.14 bits per heavy atom. The molecule has 1 heterocycles. The molecule has 3 atom stereocenters. The maximum absolute atomic E-state index is 13.1. The molecule has 1 amide bonds. The zero-order valence-corrected chi connectivity index (χ0v) is 16.7. The van der Waals surface area contributed by atoms with Crippen LogP contribution in [0.3, 0.4) is 0 Å². The summed E-state index contributed by atoms with van der Waals surface area (Å²) >= 11 is 0. The first-order valence-electron chi connectivity index (χ1n) is 10.5. The van der Waals surface area contributed by atoms with E-state index in [-0.39, 0.29) is 11.9 Å². The molecule has 4 rings (SSSR count). The molecule has 28 heavy (non-hydrogen) atoms. The topological polar surface area (TPSA) is 68.3 Å². The number of pyridine rings is 1. The number of nitrogens with one attached hydrogen (secondary N) is 1. The van der Waals surface area contributed by atoms with Crippen LogP contribution in [-0.2, 0) is 22.4 Å². The molecule has 2 aromatic rings. The van der Waals surface area contributed by atoms with Crippen LogP contribution in [0.5, 0.6) is 0 Å². The highest BCUT2D eigenvalue weighted by atomic mass is 16.5. The number of nitrogens with zero attached hydrogens (tertiary/aromatic N) is 1. The average Bonchev–Trinajstić information content (AvgIpc) is 3.15. The quantitative estimate of drug-likeness (QED) is 0.815. The fraction of sp³-hybridized carbons (Fsp3) is 0.522. The van der Waals surface area contributed by atoms with Gasteiger partial charge in [0.25, 0.3) is 5.91 Å². The number of para-hydroxylation sites is 1. The van der Waals surface area contributed by atoms with E-state index in [1.165, 1.54) is 6.42 Å². The minimum atomic E-state index is -0.814. The number of carbonyl (C=O) groups is 2. The van der Waals surface area contributed by atoms with Gasteiger partial charge in [-0.2, -0.15) is 0 Å². The lowest BCUT2D eigenvalue weighted by Crippen LogP contribution is -2.46. The van der Waals surface area contributed by atoms with Gasteiger partial charge in [-0.15, -0.1) is 0 Å². The number of hydrogen-bond donors (Lipinski definition) is 1. The number of esters is 1. The molecule has 0 radical (unpaired) electrons. The van der Waals surface area contributed by atoms with Crippen LogP contribution in [0.2, 0.25) is 0 Å². The maximum Gasteiger partial charge on any atom is 0.339 e. The van der Waals surface area contributed by atoms with Crippen LogP contribution in [0.1, 0.15) is 67.6 Å². The fourth-order valence-corrected chi connectivity index (χ4v) is 4.55. The van der Waals surface area contributed by atoms with Gasteiger partial charge in [0.05, 0.1) is 11.1 Å². The highest BCUT2D eigenvalue weighted by molar-refractivity contribution is 6.06. The number of amides is 1. The third-order valence-corrected chi connectivity index (χ3v) is 6.22. The summed E-state index contributed by atoms with van der Waals surface area (Å²) in [5.74, 6) is -0.161. The molecular formula is C23H28N2O3. The fourth-order valence-electron chi connectivity index (χ4n) is 4.55. The molecule has 148 valence electrons. The lowest BCUT2D eigenvalue weighted by Gasteiger charge is -2.30. The van der Waals surface area contributed by atoms with E-state index >= 15 is 0 Å². The summed E-state index contributed by atoms with van der Waals surface area (Å²) in [5, 5.41) is 3.89. The van der Waals surface area contributed by atoms with E-state index in [0.717, 1.165) is 60.7 Å². The zero-order chi connectivity index (χ0) is 19.7. The molecule has 1 aromatic heterocycles. The van der Waals surface area contributed by atoms with Crippen molar-refractivity contribution >= 4 is 22.8 Å². The van der Waals surface area contributed by atoms with Crippen molar-refractivity contribution in [3.8, 4) is 0 Å². The first-order chi connectivity index (χ1) is 13.5. The zero-order valence-electron chi connectivity index (χ0n) is 16.7. The second kappa shape index (κ2) is 7.90. The first-order valence-corrected chi connectivity index (χ1v) is 10.5. The minimum Gasteiger partial charge on any atom is -0.449 e. The number of fused-ring (bicyclic) bond motifs is 2. The monoisotopic (exact) mass is 380 g/mol. The third kappa shape index (κ3) is 3.62. The highest BCUT2D eigenvalue weighted by Gasteiger charge is 2.29. The van der Waals surface area contributed by atoms with E-state index in [1.54, 1.807) is 6.92 Å². The van der Waals surface area contributed by atoms with Crippen molar-refractivity contribution in [1.82, 2.24) is 10.3 Å². The van der Waals surface area contributed by atoms with Gasteiger partial charge in [-0.05, 0) is 56.6 Å². The SMILES string of the molecule is C[C@@H]1CCCC[C@@H]1NC(=O)[C@@H](C)OC(=O)c1c2c(nc3ccccc13)CCC2.